The third-order valence-electron chi connectivity index (χ3n) is 6.29. The highest BCUT2D eigenvalue weighted by Crippen LogP contribution is 2.27. The Morgan fingerprint density at radius 3 is 2.09 bits per heavy atom. The van der Waals surface area contributed by atoms with Gasteiger partial charge in [-0.15, -0.1) is 0 Å². The maximum Gasteiger partial charge on any atom is 0.243 e. The fraction of sp³-hybridized carbons (Fsp3) is 0.500. The van der Waals surface area contributed by atoms with E-state index in [4.69, 9.17) is 9.47 Å². The van der Waals surface area contributed by atoms with Crippen molar-refractivity contribution in [2.24, 2.45) is 5.92 Å². The Morgan fingerprint density at radius 1 is 1.00 bits per heavy atom. The van der Waals surface area contributed by atoms with Crippen LogP contribution >= 0.6 is 0 Å². The minimum absolute atomic E-state index is 0.0323. The lowest BCUT2D eigenvalue weighted by Gasteiger charge is -2.32. The number of piperidine rings is 1. The summed E-state index contributed by atoms with van der Waals surface area (Å²) >= 11 is 0. The van der Waals surface area contributed by atoms with Crippen LogP contribution in [-0.4, -0.2) is 63.9 Å². The number of methoxy groups -OCH3 is 1. The number of carbonyl (C=O) groups excluding carboxylic acids is 1. The standard InChI is InChI=1S/C26H36N2O5S/c1-26(2,3)21-6-12-24(13-7-21)34(30,31)28-16-14-20(15-17-28)25(29)27(4)18-19-33-23-10-8-22(32-5)9-11-23/h6-13,20H,14-19H2,1-5H3. The summed E-state index contributed by atoms with van der Waals surface area (Å²) in [5.74, 6) is 1.33. The van der Waals surface area contributed by atoms with Crippen molar-refractivity contribution in [3.8, 4) is 11.5 Å². The Kier molecular flexibility index (Phi) is 8.25. The van der Waals surface area contributed by atoms with Crippen LogP contribution in [0.5, 0.6) is 11.5 Å². The van der Waals surface area contributed by atoms with Crippen LogP contribution in [-0.2, 0) is 20.2 Å². The number of rotatable bonds is 8. The first-order valence-electron chi connectivity index (χ1n) is 11.6. The maximum absolute atomic E-state index is 13.1. The second-order valence-electron chi connectivity index (χ2n) is 9.74. The van der Waals surface area contributed by atoms with Crippen LogP contribution in [0.1, 0.15) is 39.2 Å². The summed E-state index contributed by atoms with van der Waals surface area (Å²) < 4.78 is 38.5. The molecule has 0 atom stereocenters. The molecule has 0 radical (unpaired) electrons. The van der Waals surface area contributed by atoms with Crippen LogP contribution in [0.4, 0.5) is 0 Å². The highest BCUT2D eigenvalue weighted by atomic mass is 32.2. The molecule has 0 saturated carbocycles. The van der Waals surface area contributed by atoms with E-state index in [1.54, 1.807) is 31.2 Å². The molecule has 1 fully saturated rings. The highest BCUT2D eigenvalue weighted by molar-refractivity contribution is 7.89. The normalized spacial score (nSPS) is 15.7. The summed E-state index contributed by atoms with van der Waals surface area (Å²) in [5, 5.41) is 0. The predicted molar refractivity (Wildman–Crippen MR) is 133 cm³/mol. The maximum atomic E-state index is 13.1. The first-order valence-corrected chi connectivity index (χ1v) is 13.1. The number of nitrogens with zero attached hydrogens (tertiary/aromatic N) is 2. The number of sulfonamides is 1. The molecule has 2 aromatic rings. The smallest absolute Gasteiger partial charge is 0.243 e. The van der Waals surface area contributed by atoms with E-state index in [2.05, 4.69) is 20.8 Å². The molecule has 186 valence electrons. The van der Waals surface area contributed by atoms with Gasteiger partial charge < -0.3 is 14.4 Å². The van der Waals surface area contributed by atoms with E-state index in [1.165, 1.54) is 4.31 Å². The van der Waals surface area contributed by atoms with E-state index in [9.17, 15) is 13.2 Å². The first kappa shape index (κ1) is 26.0. The summed E-state index contributed by atoms with van der Waals surface area (Å²) in [7, 11) is -0.189. The minimum Gasteiger partial charge on any atom is -0.497 e. The summed E-state index contributed by atoms with van der Waals surface area (Å²) in [6, 6.07) is 14.4. The molecular formula is C26H36N2O5S. The van der Waals surface area contributed by atoms with Crippen molar-refractivity contribution in [2.75, 3.05) is 40.4 Å². The molecule has 1 heterocycles. The molecule has 0 aliphatic carbocycles. The van der Waals surface area contributed by atoms with E-state index >= 15 is 0 Å². The molecular weight excluding hydrogens is 452 g/mol. The largest absolute Gasteiger partial charge is 0.497 e. The van der Waals surface area contributed by atoms with Gasteiger partial charge in [0.25, 0.3) is 0 Å². The Balaban J connectivity index is 1.49. The molecule has 1 aliphatic rings. The van der Waals surface area contributed by atoms with Gasteiger partial charge in [-0.2, -0.15) is 4.31 Å². The second-order valence-corrected chi connectivity index (χ2v) is 11.7. The lowest BCUT2D eigenvalue weighted by atomic mass is 9.87. The van der Waals surface area contributed by atoms with E-state index in [0.29, 0.717) is 44.0 Å². The number of amides is 1. The van der Waals surface area contributed by atoms with E-state index in [1.807, 2.05) is 36.4 Å². The number of likely N-dealkylation sites (N-methyl/N-ethyl adjacent to an activating group) is 1. The van der Waals surface area contributed by atoms with Gasteiger partial charge in [0.1, 0.15) is 18.1 Å². The molecule has 2 aromatic carbocycles. The van der Waals surface area contributed by atoms with Crippen LogP contribution < -0.4 is 9.47 Å². The average molecular weight is 489 g/mol. The molecule has 8 heteroatoms. The lowest BCUT2D eigenvalue weighted by molar-refractivity contribution is -0.135. The quantitative estimate of drug-likeness (QED) is 0.563. The van der Waals surface area contributed by atoms with Gasteiger partial charge in [0, 0.05) is 26.1 Å². The van der Waals surface area contributed by atoms with Gasteiger partial charge in [-0.3, -0.25) is 4.79 Å². The summed E-state index contributed by atoms with van der Waals surface area (Å²) in [6.07, 6.45) is 1.03. The van der Waals surface area contributed by atoms with Gasteiger partial charge in [-0.25, -0.2) is 8.42 Å². The Morgan fingerprint density at radius 2 is 1.56 bits per heavy atom. The number of benzene rings is 2. The van der Waals surface area contributed by atoms with E-state index in [0.717, 1.165) is 17.1 Å². The first-order chi connectivity index (χ1) is 16.0. The van der Waals surface area contributed by atoms with Crippen LogP contribution in [0, 0.1) is 5.92 Å². The third-order valence-corrected chi connectivity index (χ3v) is 8.21. The van der Waals surface area contributed by atoms with E-state index in [-0.39, 0.29) is 17.2 Å². The van der Waals surface area contributed by atoms with Crippen LogP contribution in [0.3, 0.4) is 0 Å². The summed E-state index contributed by atoms with van der Waals surface area (Å²) in [4.78, 5) is 14.8. The van der Waals surface area contributed by atoms with Gasteiger partial charge in [0.2, 0.25) is 15.9 Å². The Hall–Kier alpha value is -2.58. The minimum atomic E-state index is -3.56. The number of ether oxygens (including phenoxy) is 2. The number of hydrogen-bond acceptors (Lipinski definition) is 5. The zero-order chi connectivity index (χ0) is 24.9. The Labute approximate surface area is 203 Å². The fourth-order valence-corrected chi connectivity index (χ4v) is 5.48. The molecule has 3 rings (SSSR count). The molecule has 0 spiro atoms. The molecule has 0 unspecified atom stereocenters. The predicted octanol–water partition coefficient (Wildman–Crippen LogP) is 3.93. The van der Waals surface area contributed by atoms with Crippen molar-refractivity contribution in [3.63, 3.8) is 0 Å². The van der Waals surface area contributed by atoms with Gasteiger partial charge in [0.15, 0.2) is 0 Å². The lowest BCUT2D eigenvalue weighted by Crippen LogP contribution is -2.44. The Bertz CT molecular complexity index is 1050. The highest BCUT2D eigenvalue weighted by Gasteiger charge is 2.33. The van der Waals surface area contributed by atoms with Crippen molar-refractivity contribution < 1.29 is 22.7 Å². The van der Waals surface area contributed by atoms with Crippen LogP contribution in [0.15, 0.2) is 53.4 Å². The van der Waals surface area contributed by atoms with Crippen molar-refractivity contribution in [1.29, 1.82) is 0 Å². The number of carbonyl (C=O) groups is 1. The molecule has 0 N–H and O–H groups in total. The van der Waals surface area contributed by atoms with Gasteiger partial charge >= 0.3 is 0 Å². The summed E-state index contributed by atoms with van der Waals surface area (Å²) in [6.45, 7) is 7.82. The molecule has 0 aromatic heterocycles. The van der Waals surface area contributed by atoms with Gasteiger partial charge in [-0.1, -0.05) is 32.9 Å². The average Bonchev–Trinajstić information content (AvgIpc) is 2.83. The summed E-state index contributed by atoms with van der Waals surface area (Å²) in [5.41, 5.74) is 1.06. The van der Waals surface area contributed by atoms with E-state index < -0.39 is 10.0 Å². The van der Waals surface area contributed by atoms with Crippen molar-refractivity contribution >= 4 is 15.9 Å². The number of hydrogen-bond donors (Lipinski definition) is 0. The molecule has 0 bridgehead atoms. The monoisotopic (exact) mass is 488 g/mol. The van der Waals surface area contributed by atoms with Crippen LogP contribution in [0.25, 0.3) is 0 Å². The molecule has 7 nitrogen and oxygen atoms in total. The molecule has 1 amide bonds. The van der Waals surface area contributed by atoms with Crippen molar-refractivity contribution in [1.82, 2.24) is 9.21 Å². The van der Waals surface area contributed by atoms with Gasteiger partial charge in [0.05, 0.1) is 18.6 Å². The SMILES string of the molecule is COc1ccc(OCCN(C)C(=O)C2CCN(S(=O)(=O)c3ccc(C(C)(C)C)cc3)CC2)cc1. The van der Waals surface area contributed by atoms with Crippen molar-refractivity contribution in [3.05, 3.63) is 54.1 Å². The van der Waals surface area contributed by atoms with Crippen molar-refractivity contribution in [2.45, 2.75) is 43.9 Å². The van der Waals surface area contributed by atoms with Gasteiger partial charge in [-0.05, 0) is 60.2 Å². The molecule has 34 heavy (non-hydrogen) atoms. The second kappa shape index (κ2) is 10.8. The third kappa shape index (κ3) is 6.30. The molecule has 1 saturated heterocycles. The zero-order valence-corrected chi connectivity index (χ0v) is 21.6. The van der Waals surface area contributed by atoms with Crippen LogP contribution in [0.2, 0.25) is 0 Å². The zero-order valence-electron chi connectivity index (χ0n) is 20.8. The fourth-order valence-electron chi connectivity index (χ4n) is 4.01. The topological polar surface area (TPSA) is 76.2 Å². The molecule has 1 aliphatic heterocycles.